The maximum absolute atomic E-state index is 7.00. The molecule has 0 heterocycles. The summed E-state index contributed by atoms with van der Waals surface area (Å²) in [5.74, 6) is 8.00. The van der Waals surface area contributed by atoms with Crippen molar-refractivity contribution in [3.8, 4) is 41.7 Å². The van der Waals surface area contributed by atoms with Gasteiger partial charge in [0, 0.05) is 145 Å². The predicted molar refractivity (Wildman–Crippen MR) is 435 cm³/mol. The third-order valence-electron chi connectivity index (χ3n) is 5.85. The summed E-state index contributed by atoms with van der Waals surface area (Å²) in [5.41, 5.74) is 8.96. The molecular formula is C70H130Br3O7P4Si2Y2-3. The van der Waals surface area contributed by atoms with E-state index >= 15 is 0 Å². The van der Waals surface area contributed by atoms with Crippen molar-refractivity contribution in [2.24, 2.45) is 0 Å². The molecule has 0 saturated carbocycles. The molecule has 4 atom stereocenters. The Hall–Kier alpha value is -0.918. The third-order valence-corrected chi connectivity index (χ3v) is 9.17. The maximum atomic E-state index is 7.00. The van der Waals surface area contributed by atoms with Gasteiger partial charge >= 0.3 is 1.43 Å². The summed E-state index contributed by atoms with van der Waals surface area (Å²) in [4.78, 5) is 0. The minimum atomic E-state index is -1.20. The van der Waals surface area contributed by atoms with E-state index in [0.717, 1.165) is 51.4 Å². The summed E-state index contributed by atoms with van der Waals surface area (Å²) < 4.78 is 20.1. The summed E-state index contributed by atoms with van der Waals surface area (Å²) in [6, 6.07) is 59.0. The van der Waals surface area contributed by atoms with Gasteiger partial charge in [-0.3, -0.25) is 5.92 Å². The molecular weight excluding hydrogens is 1550 g/mol. The van der Waals surface area contributed by atoms with E-state index in [-0.39, 0.29) is 94.8 Å². The molecule has 18 heteroatoms. The zero-order valence-electron chi connectivity index (χ0n) is 60.0. The van der Waals surface area contributed by atoms with Gasteiger partial charge in [0.25, 0.3) is 0 Å². The SMILES string of the molecule is Brc1ccccc1.Brc1ccccc1.Brc1ccccc1.C#C[Si](C)(C)C.C#Cc1ccccc1.CC.CC.CC.CC.CC.CO.CO.CO.COP.COP.COP.COP.C[Si](C)(C)C#Cc1ccccc1.[3HH].[3HH].[3HH].[3HH].[C-]#Cc1ccccc1.[CH3-].[CH3-].[CH3-].[H+].[Y].[Y]. The van der Waals surface area contributed by atoms with E-state index < -0.39 is 16.1 Å². The molecule has 0 bridgehead atoms. The van der Waals surface area contributed by atoms with Gasteiger partial charge in [0.05, 0.1) is 0 Å². The number of halogens is 3. The molecule has 510 valence electrons. The van der Waals surface area contributed by atoms with Gasteiger partial charge in [0.15, 0.2) is 0 Å². The molecule has 6 aromatic carbocycles. The fourth-order valence-corrected chi connectivity index (χ4v) is 4.52. The zero-order chi connectivity index (χ0) is 68.0. The molecule has 0 saturated heterocycles. The van der Waals surface area contributed by atoms with Crippen LogP contribution in [0.2, 0.25) is 39.3 Å². The number of benzene rings is 6. The van der Waals surface area contributed by atoms with Crippen LogP contribution in [-0.4, -0.2) is 81.2 Å². The third kappa shape index (κ3) is 167. The minimum Gasteiger partial charge on any atom is -0.400 e. The predicted octanol–water partition coefficient (Wildman–Crippen LogP) is 23.1. The molecule has 0 aliphatic rings. The van der Waals surface area contributed by atoms with Crippen molar-refractivity contribution in [3.63, 3.8) is 0 Å². The Balaban J connectivity index is -0.0000000272. The van der Waals surface area contributed by atoms with Crippen molar-refractivity contribution in [2.45, 2.75) is 109 Å². The first-order valence-corrected chi connectivity index (χ1v) is 37.5. The van der Waals surface area contributed by atoms with Gasteiger partial charge < -0.3 is 62.1 Å². The van der Waals surface area contributed by atoms with Gasteiger partial charge in [-0.25, -0.2) is 0 Å². The Kier molecular flexibility index (Phi) is 207. The van der Waals surface area contributed by atoms with Crippen LogP contribution in [0.15, 0.2) is 195 Å². The number of aliphatic hydroxyl groups excluding tert-OH is 3. The molecule has 6 aromatic rings. The Labute approximate surface area is 641 Å². The van der Waals surface area contributed by atoms with Gasteiger partial charge in [-0.15, -0.1) is 41.6 Å². The minimum absolute atomic E-state index is 0. The average molecular weight is 1690 g/mol. The van der Waals surface area contributed by atoms with E-state index in [0.29, 0.717) is 0 Å². The van der Waals surface area contributed by atoms with Crippen molar-refractivity contribution < 1.29 is 106 Å². The first kappa shape index (κ1) is 135. The number of terminal acetylenes is 2. The normalized spacial score (nSPS) is 6.98. The van der Waals surface area contributed by atoms with Gasteiger partial charge in [0.2, 0.25) is 0 Å². The van der Waals surface area contributed by atoms with Crippen LogP contribution < -0.4 is 0 Å². The molecule has 0 amide bonds. The Bertz CT molecular complexity index is 2020. The Morgan fingerprint density at radius 2 is 0.545 bits per heavy atom. The van der Waals surface area contributed by atoms with Crippen molar-refractivity contribution in [1.82, 2.24) is 0 Å². The van der Waals surface area contributed by atoms with Gasteiger partial charge in [-0.05, 0) is 98.5 Å². The van der Waals surface area contributed by atoms with E-state index in [4.69, 9.17) is 34.6 Å². The Morgan fingerprint density at radius 3 is 0.648 bits per heavy atom. The van der Waals surface area contributed by atoms with Crippen LogP contribution in [0.5, 0.6) is 0 Å². The average Bonchev–Trinajstić information content (AvgIpc) is 3.53. The summed E-state index contributed by atoms with van der Waals surface area (Å²) in [7, 11) is 15.4. The first-order valence-electron chi connectivity index (χ1n) is 26.3. The quantitative estimate of drug-likeness (QED) is 0.0603. The van der Waals surface area contributed by atoms with Crippen molar-refractivity contribution in [2.75, 3.05) is 49.8 Å². The molecule has 0 fully saturated rings. The molecule has 2 radical (unpaired) electrons. The largest absolute Gasteiger partial charge is 1.00 e. The van der Waals surface area contributed by atoms with Crippen LogP contribution >= 0.6 is 85.7 Å². The van der Waals surface area contributed by atoms with Crippen LogP contribution in [0.25, 0.3) is 0 Å². The maximum Gasteiger partial charge on any atom is 1.00 e. The summed E-state index contributed by atoms with van der Waals surface area (Å²) in [6.07, 6.45) is 16.9. The molecule has 4 unspecified atom stereocenters. The molecule has 0 aliphatic heterocycles. The van der Waals surface area contributed by atoms with E-state index in [2.05, 4.69) is 172 Å². The fourth-order valence-electron chi connectivity index (χ4n) is 3.08. The number of hydrogen-bond donors (Lipinski definition) is 3. The molecule has 3 N–H and O–H groups in total. The fraction of sp³-hybridized carbons (Fsp3) is 0.329. The van der Waals surface area contributed by atoms with E-state index in [9.17, 15) is 0 Å². The van der Waals surface area contributed by atoms with E-state index in [1.807, 2.05) is 251 Å². The topological polar surface area (TPSA) is 97.6 Å². The molecule has 0 aromatic heterocycles. The second-order valence-corrected chi connectivity index (χ2v) is 28.3. The molecule has 88 heavy (non-hydrogen) atoms. The van der Waals surface area contributed by atoms with E-state index in [1.165, 1.54) is 0 Å². The zero-order valence-corrected chi connectivity index (χ0v) is 76.1. The van der Waals surface area contributed by atoms with Crippen LogP contribution in [0, 0.1) is 70.4 Å². The van der Waals surface area contributed by atoms with Crippen molar-refractivity contribution >= 4 is 102 Å². The number of rotatable bonds is 0. The van der Waals surface area contributed by atoms with Crippen LogP contribution in [0.1, 0.15) is 93.1 Å². The molecule has 0 spiro atoms. The summed E-state index contributed by atoms with van der Waals surface area (Å²) >= 11 is 9.93. The standard InChI is InChI=1S/C11H14Si.C8H6.C8H5.3C6H5Br.C5H10Si.5C2H6.4CH5OP.3CH4O.3CH3.2Y.4H2/c1-12(2,3)10-9-11-7-5-4-6-8-11;2*1-2-8-6-4-3-5-7-8;3*7-6-4-2-1-3-5-6;1-5-6(2,3)4;5*1-2;4*1-2-3;3*1-2;;;;;;;;;/h4-8H,1-3H3;1,3-7H;3-7H;3*1-5H;1H,2-4H3;5*1-2H3;4*3H2,1H3;3*2H,1H3;3*1H3;;;4*1H/q;;-1;;;;;;;;;;;;;;;;;3*-1;;;;;;/p+1/i;;;;;;;;;;;;;;;;;;;;;;;;4*1+2. The smallest absolute Gasteiger partial charge is 0.400 e. The van der Waals surface area contributed by atoms with Crippen LogP contribution in [0.3, 0.4) is 0 Å². The second kappa shape index (κ2) is 134. The van der Waals surface area contributed by atoms with Crippen LogP contribution in [-0.2, 0) is 83.5 Å². The summed E-state index contributed by atoms with van der Waals surface area (Å²) in [5, 5.41) is 21.0. The van der Waals surface area contributed by atoms with Crippen molar-refractivity contribution in [3.05, 3.63) is 241 Å². The molecule has 6 rings (SSSR count). The van der Waals surface area contributed by atoms with Gasteiger partial charge in [-0.2, -0.15) is 0 Å². The summed E-state index contributed by atoms with van der Waals surface area (Å²) in [6.45, 7) is 33.2. The number of aliphatic hydroxyl groups is 3. The molecule has 7 nitrogen and oxygen atoms in total. The van der Waals surface area contributed by atoms with Gasteiger partial charge in [-0.1, -0.05) is 277 Å². The Morgan fingerprint density at radius 1 is 0.386 bits per heavy atom. The second-order valence-electron chi connectivity index (χ2n) is 14.1. The van der Waals surface area contributed by atoms with Gasteiger partial charge in [0.1, 0.15) is 16.1 Å². The van der Waals surface area contributed by atoms with Crippen molar-refractivity contribution in [1.29, 1.82) is 0 Å². The molecule has 0 aliphatic carbocycles. The van der Waals surface area contributed by atoms with Crippen LogP contribution in [0.4, 0.5) is 0 Å². The van der Waals surface area contributed by atoms with E-state index in [1.54, 1.807) is 28.4 Å². The first-order chi connectivity index (χ1) is 39.8. The number of hydrogen-bond acceptors (Lipinski definition) is 7. The monoisotopic (exact) mass is 1690 g/mol.